The van der Waals surface area contributed by atoms with Gasteiger partial charge in [-0.3, -0.25) is 9.59 Å². The van der Waals surface area contributed by atoms with E-state index in [4.69, 9.17) is 0 Å². The van der Waals surface area contributed by atoms with E-state index in [1.54, 1.807) is 38.1 Å². The molecule has 0 spiro atoms. The fourth-order valence-corrected chi connectivity index (χ4v) is 4.63. The Hall–Kier alpha value is -2.71. The van der Waals surface area contributed by atoms with Gasteiger partial charge >= 0.3 is 0 Å². The number of hydrogen-bond acceptors (Lipinski definition) is 4. The minimum atomic E-state index is -3.65. The summed E-state index contributed by atoms with van der Waals surface area (Å²) < 4.78 is 26.8. The molecule has 0 bridgehead atoms. The van der Waals surface area contributed by atoms with Crippen LogP contribution in [0.5, 0.6) is 0 Å². The second-order valence-corrected chi connectivity index (χ2v) is 9.30. The molecular formula is C22H27N3O4S. The number of anilines is 2. The molecule has 2 aromatic rings. The Labute approximate surface area is 177 Å². The zero-order chi connectivity index (χ0) is 21.9. The summed E-state index contributed by atoms with van der Waals surface area (Å²) in [4.78, 5) is 24.9. The first-order chi connectivity index (χ1) is 14.3. The summed E-state index contributed by atoms with van der Waals surface area (Å²) in [6, 6.07) is 11.3. The van der Waals surface area contributed by atoms with Gasteiger partial charge in [0.15, 0.2) is 0 Å². The third kappa shape index (κ3) is 4.88. The van der Waals surface area contributed by atoms with Crippen molar-refractivity contribution < 1.29 is 18.0 Å². The van der Waals surface area contributed by atoms with Crippen molar-refractivity contribution in [1.82, 2.24) is 4.31 Å². The number of sulfonamides is 1. The molecular weight excluding hydrogens is 402 g/mol. The molecule has 7 nitrogen and oxygen atoms in total. The average molecular weight is 430 g/mol. The summed E-state index contributed by atoms with van der Waals surface area (Å²) in [7, 11) is -3.65. The Morgan fingerprint density at radius 2 is 1.73 bits per heavy atom. The van der Waals surface area contributed by atoms with Crippen LogP contribution in [0.1, 0.15) is 42.6 Å². The van der Waals surface area contributed by atoms with Gasteiger partial charge in [-0.05, 0) is 55.7 Å². The second-order valence-electron chi connectivity index (χ2n) is 7.36. The summed E-state index contributed by atoms with van der Waals surface area (Å²) in [5.74, 6) is -0.342. The van der Waals surface area contributed by atoms with Gasteiger partial charge in [0.1, 0.15) is 0 Å². The van der Waals surface area contributed by atoms with Gasteiger partial charge in [-0.15, -0.1) is 0 Å². The molecule has 1 aliphatic carbocycles. The standard InChI is InChI=1S/C22H27N3O4S/c1-4-25(5-2)30(28,29)19-8-6-7-17(13-19)22(27)24-20-14-18(12-9-15(20)3)23-21(26)16-10-11-16/h6-9,12-14,16H,4-5,10-11H2,1-3H3,(H,23,26)(H,24,27). The van der Waals surface area contributed by atoms with Gasteiger partial charge in [-0.1, -0.05) is 26.0 Å². The van der Waals surface area contributed by atoms with Crippen molar-refractivity contribution in [2.75, 3.05) is 23.7 Å². The highest BCUT2D eigenvalue weighted by atomic mass is 32.2. The molecule has 3 rings (SSSR count). The third-order valence-electron chi connectivity index (χ3n) is 5.14. The number of aryl methyl sites for hydroxylation is 1. The van der Waals surface area contributed by atoms with Crippen LogP contribution in [-0.2, 0) is 14.8 Å². The topological polar surface area (TPSA) is 95.6 Å². The minimum Gasteiger partial charge on any atom is -0.326 e. The van der Waals surface area contributed by atoms with Crippen LogP contribution in [0.3, 0.4) is 0 Å². The highest BCUT2D eigenvalue weighted by Crippen LogP contribution is 2.31. The third-order valence-corrected chi connectivity index (χ3v) is 7.19. The summed E-state index contributed by atoms with van der Waals surface area (Å²) in [5.41, 5.74) is 2.26. The van der Waals surface area contributed by atoms with E-state index in [0.717, 1.165) is 18.4 Å². The van der Waals surface area contributed by atoms with Gasteiger partial charge in [-0.25, -0.2) is 8.42 Å². The largest absolute Gasteiger partial charge is 0.326 e. The number of carbonyl (C=O) groups excluding carboxylic acids is 2. The van der Waals surface area contributed by atoms with Crippen LogP contribution < -0.4 is 10.6 Å². The molecule has 0 saturated heterocycles. The smallest absolute Gasteiger partial charge is 0.255 e. The minimum absolute atomic E-state index is 0.00885. The SMILES string of the molecule is CCN(CC)S(=O)(=O)c1cccc(C(=O)Nc2cc(NC(=O)C3CC3)ccc2C)c1. The maximum Gasteiger partial charge on any atom is 0.255 e. The van der Waals surface area contributed by atoms with Crippen molar-refractivity contribution in [1.29, 1.82) is 0 Å². The first kappa shape index (κ1) is 22.0. The predicted octanol–water partition coefficient (Wildman–Crippen LogP) is 3.63. The highest BCUT2D eigenvalue weighted by Gasteiger charge is 2.29. The Kier molecular flexibility index (Phi) is 6.58. The molecule has 2 amide bonds. The predicted molar refractivity (Wildman–Crippen MR) is 117 cm³/mol. The molecule has 0 heterocycles. The number of carbonyl (C=O) groups is 2. The Balaban J connectivity index is 1.80. The van der Waals surface area contributed by atoms with E-state index in [0.29, 0.717) is 24.5 Å². The van der Waals surface area contributed by atoms with Crippen molar-refractivity contribution in [2.24, 2.45) is 5.92 Å². The van der Waals surface area contributed by atoms with Crippen molar-refractivity contribution in [3.63, 3.8) is 0 Å². The van der Waals surface area contributed by atoms with Gasteiger partial charge in [0.05, 0.1) is 4.90 Å². The molecule has 2 aromatic carbocycles. The van der Waals surface area contributed by atoms with Gasteiger partial charge in [0.2, 0.25) is 15.9 Å². The van der Waals surface area contributed by atoms with E-state index in [-0.39, 0.29) is 22.3 Å². The molecule has 0 atom stereocenters. The number of hydrogen-bond donors (Lipinski definition) is 2. The van der Waals surface area contributed by atoms with Crippen LogP contribution >= 0.6 is 0 Å². The molecule has 160 valence electrons. The van der Waals surface area contributed by atoms with E-state index in [1.807, 2.05) is 13.0 Å². The molecule has 1 aliphatic rings. The fourth-order valence-electron chi connectivity index (χ4n) is 3.13. The molecule has 8 heteroatoms. The normalized spacial score (nSPS) is 13.9. The van der Waals surface area contributed by atoms with Gasteiger partial charge in [0, 0.05) is 35.9 Å². The van der Waals surface area contributed by atoms with Crippen molar-refractivity contribution >= 4 is 33.2 Å². The van der Waals surface area contributed by atoms with Crippen LogP contribution in [0, 0.1) is 12.8 Å². The van der Waals surface area contributed by atoms with E-state index in [1.165, 1.54) is 16.4 Å². The van der Waals surface area contributed by atoms with E-state index in [2.05, 4.69) is 10.6 Å². The van der Waals surface area contributed by atoms with Crippen LogP contribution in [-0.4, -0.2) is 37.6 Å². The van der Waals surface area contributed by atoms with Crippen LogP contribution in [0.15, 0.2) is 47.4 Å². The van der Waals surface area contributed by atoms with Crippen molar-refractivity contribution in [3.05, 3.63) is 53.6 Å². The lowest BCUT2D eigenvalue weighted by Crippen LogP contribution is -2.30. The lowest BCUT2D eigenvalue weighted by atomic mass is 10.1. The molecule has 0 aromatic heterocycles. The zero-order valence-electron chi connectivity index (χ0n) is 17.4. The number of nitrogens with zero attached hydrogens (tertiary/aromatic N) is 1. The fraction of sp³-hybridized carbons (Fsp3) is 0.364. The molecule has 0 unspecified atom stereocenters. The van der Waals surface area contributed by atoms with Crippen LogP contribution in [0.2, 0.25) is 0 Å². The lowest BCUT2D eigenvalue weighted by Gasteiger charge is -2.18. The van der Waals surface area contributed by atoms with Gasteiger partial charge in [-0.2, -0.15) is 4.31 Å². The van der Waals surface area contributed by atoms with Crippen LogP contribution in [0.4, 0.5) is 11.4 Å². The molecule has 0 aliphatic heterocycles. The highest BCUT2D eigenvalue weighted by molar-refractivity contribution is 7.89. The van der Waals surface area contributed by atoms with E-state index in [9.17, 15) is 18.0 Å². The second kappa shape index (κ2) is 8.97. The monoisotopic (exact) mass is 429 g/mol. The number of amides is 2. The van der Waals surface area contributed by atoms with E-state index < -0.39 is 15.9 Å². The first-order valence-corrected chi connectivity index (χ1v) is 11.5. The van der Waals surface area contributed by atoms with Gasteiger partial charge in [0.25, 0.3) is 5.91 Å². The average Bonchev–Trinajstić information content (AvgIpc) is 3.57. The number of nitrogens with one attached hydrogen (secondary N) is 2. The van der Waals surface area contributed by atoms with E-state index >= 15 is 0 Å². The molecule has 1 saturated carbocycles. The Morgan fingerprint density at radius 1 is 1.03 bits per heavy atom. The number of benzene rings is 2. The summed E-state index contributed by atoms with van der Waals surface area (Å²) in [5, 5.41) is 5.69. The Morgan fingerprint density at radius 3 is 2.37 bits per heavy atom. The quantitative estimate of drug-likeness (QED) is 0.670. The maximum atomic E-state index is 12.8. The first-order valence-electron chi connectivity index (χ1n) is 10.1. The summed E-state index contributed by atoms with van der Waals surface area (Å²) >= 11 is 0. The number of rotatable bonds is 8. The molecule has 30 heavy (non-hydrogen) atoms. The Bertz CT molecular complexity index is 1060. The van der Waals surface area contributed by atoms with Crippen molar-refractivity contribution in [3.8, 4) is 0 Å². The maximum absolute atomic E-state index is 12.8. The zero-order valence-corrected chi connectivity index (χ0v) is 18.3. The summed E-state index contributed by atoms with van der Waals surface area (Å²) in [6.45, 7) is 6.11. The van der Waals surface area contributed by atoms with Crippen molar-refractivity contribution in [2.45, 2.75) is 38.5 Å². The molecule has 2 N–H and O–H groups in total. The van der Waals surface area contributed by atoms with Gasteiger partial charge < -0.3 is 10.6 Å². The molecule has 1 fully saturated rings. The molecule has 0 radical (unpaired) electrons. The van der Waals surface area contributed by atoms with Crippen LogP contribution in [0.25, 0.3) is 0 Å². The lowest BCUT2D eigenvalue weighted by molar-refractivity contribution is -0.117. The summed E-state index contributed by atoms with van der Waals surface area (Å²) in [6.07, 6.45) is 1.82.